The third kappa shape index (κ3) is 3.06. The Balaban J connectivity index is 3.68. The molecule has 0 aromatic rings. The molecule has 1 atom stereocenters. The highest BCUT2D eigenvalue weighted by Gasteiger charge is 2.06. The van der Waals surface area contributed by atoms with Crippen molar-refractivity contribution in [3.8, 4) is 0 Å². The molecule has 0 aliphatic rings. The second-order valence-electron chi connectivity index (χ2n) is 2.10. The van der Waals surface area contributed by atoms with Crippen LogP contribution in [-0.2, 0) is 9.59 Å². The molecule has 0 saturated carbocycles. The van der Waals surface area contributed by atoms with Crippen molar-refractivity contribution < 1.29 is 14.7 Å². The molecule has 0 bridgehead atoms. The van der Waals surface area contributed by atoms with Gasteiger partial charge in [0.2, 0.25) is 5.91 Å². The molecule has 0 saturated heterocycles. The zero-order valence-electron chi connectivity index (χ0n) is 6.01. The van der Waals surface area contributed by atoms with Crippen molar-refractivity contribution in [2.24, 2.45) is 5.92 Å². The molecule has 4 heteroatoms. The van der Waals surface area contributed by atoms with Gasteiger partial charge in [0.1, 0.15) is 0 Å². The first-order valence-electron chi connectivity index (χ1n) is 2.99. The van der Waals surface area contributed by atoms with Crippen molar-refractivity contribution >= 4 is 11.9 Å². The minimum atomic E-state index is -1.19. The lowest BCUT2D eigenvalue weighted by Gasteiger charge is -2.09. The Morgan fingerprint density at radius 1 is 1.60 bits per heavy atom. The molecule has 0 fully saturated rings. The van der Waals surface area contributed by atoms with Gasteiger partial charge >= 0.3 is 0 Å². The topological polar surface area (TPSA) is 69.2 Å². The van der Waals surface area contributed by atoms with E-state index in [-0.39, 0.29) is 12.3 Å². The summed E-state index contributed by atoms with van der Waals surface area (Å²) in [6.07, 6.45) is -0.0150. The summed E-state index contributed by atoms with van der Waals surface area (Å²) in [6, 6.07) is 0. The molecular weight excluding hydrogens is 134 g/mol. The maximum Gasteiger partial charge on any atom is 0.220 e. The molecule has 1 amide bonds. The summed E-state index contributed by atoms with van der Waals surface area (Å²) >= 11 is 0. The van der Waals surface area contributed by atoms with Crippen LogP contribution in [0, 0.1) is 5.92 Å². The van der Waals surface area contributed by atoms with Gasteiger partial charge in [-0.25, -0.2) is 0 Å². The lowest BCUT2D eigenvalue weighted by molar-refractivity contribution is -0.311. The number of carbonyl (C=O) groups excluding carboxylic acids is 2. The van der Waals surface area contributed by atoms with Gasteiger partial charge in [-0.3, -0.25) is 4.79 Å². The third-order valence-corrected chi connectivity index (χ3v) is 1.17. The molecule has 0 aromatic carbocycles. The van der Waals surface area contributed by atoms with Crippen molar-refractivity contribution in [1.29, 1.82) is 0 Å². The van der Waals surface area contributed by atoms with Crippen molar-refractivity contribution in [2.75, 3.05) is 7.05 Å². The number of carboxylic acids is 1. The van der Waals surface area contributed by atoms with Crippen LogP contribution in [0.15, 0.2) is 0 Å². The summed E-state index contributed by atoms with van der Waals surface area (Å²) in [4.78, 5) is 20.6. The molecule has 0 aromatic heterocycles. The lowest BCUT2D eigenvalue weighted by Crippen LogP contribution is -2.33. The van der Waals surface area contributed by atoms with Crippen molar-refractivity contribution in [2.45, 2.75) is 13.3 Å². The van der Waals surface area contributed by atoms with E-state index in [2.05, 4.69) is 5.32 Å². The molecule has 0 aliphatic carbocycles. The molecule has 1 unspecified atom stereocenters. The van der Waals surface area contributed by atoms with Crippen LogP contribution in [0.2, 0.25) is 0 Å². The van der Waals surface area contributed by atoms with Crippen LogP contribution in [0.25, 0.3) is 0 Å². The monoisotopic (exact) mass is 144 g/mol. The summed E-state index contributed by atoms with van der Waals surface area (Å²) in [5, 5.41) is 12.4. The standard InChI is InChI=1S/C6H11NO3/c1-4(6(9)10)3-5(8)7-2/h4H,3H2,1-2H3,(H,7,8)(H,9,10)/p-1. The minimum Gasteiger partial charge on any atom is -0.550 e. The SMILES string of the molecule is CNC(=O)CC(C)C(=O)[O-]. The van der Waals surface area contributed by atoms with E-state index in [0.717, 1.165) is 0 Å². The maximum absolute atomic E-state index is 10.5. The van der Waals surface area contributed by atoms with Gasteiger partial charge in [-0.15, -0.1) is 0 Å². The Labute approximate surface area is 59.2 Å². The Morgan fingerprint density at radius 2 is 2.10 bits per heavy atom. The van der Waals surface area contributed by atoms with Gasteiger partial charge in [0, 0.05) is 25.4 Å². The third-order valence-electron chi connectivity index (χ3n) is 1.17. The first-order valence-corrected chi connectivity index (χ1v) is 2.99. The summed E-state index contributed by atoms with van der Waals surface area (Å²) in [5.74, 6) is -2.18. The van der Waals surface area contributed by atoms with Crippen molar-refractivity contribution in [1.82, 2.24) is 5.32 Å². The fraction of sp³-hybridized carbons (Fsp3) is 0.667. The molecule has 0 radical (unpaired) electrons. The van der Waals surface area contributed by atoms with Crippen LogP contribution in [0.3, 0.4) is 0 Å². The first-order chi connectivity index (χ1) is 4.57. The van der Waals surface area contributed by atoms with Crippen LogP contribution < -0.4 is 10.4 Å². The normalized spacial score (nSPS) is 12.2. The predicted octanol–water partition coefficient (Wildman–Crippen LogP) is -1.49. The summed E-state index contributed by atoms with van der Waals surface area (Å²) in [7, 11) is 1.46. The molecule has 0 rings (SSSR count). The van der Waals surface area contributed by atoms with Crippen LogP contribution in [0.5, 0.6) is 0 Å². The average Bonchev–Trinajstić information content (AvgIpc) is 1.87. The van der Waals surface area contributed by atoms with Gasteiger partial charge in [0.15, 0.2) is 0 Å². The van der Waals surface area contributed by atoms with E-state index in [4.69, 9.17) is 0 Å². The lowest BCUT2D eigenvalue weighted by atomic mass is 10.1. The largest absolute Gasteiger partial charge is 0.550 e. The van der Waals surface area contributed by atoms with E-state index in [1.807, 2.05) is 0 Å². The summed E-state index contributed by atoms with van der Waals surface area (Å²) in [5.41, 5.74) is 0. The summed E-state index contributed by atoms with van der Waals surface area (Å²) in [6.45, 7) is 1.44. The van der Waals surface area contributed by atoms with Crippen LogP contribution in [0.4, 0.5) is 0 Å². The van der Waals surface area contributed by atoms with Gasteiger partial charge < -0.3 is 15.2 Å². The van der Waals surface area contributed by atoms with Crippen LogP contribution in [-0.4, -0.2) is 18.9 Å². The molecule has 0 heterocycles. The molecule has 0 aliphatic heterocycles. The number of hydrogen-bond donors (Lipinski definition) is 1. The van der Waals surface area contributed by atoms with Crippen molar-refractivity contribution in [3.05, 3.63) is 0 Å². The van der Waals surface area contributed by atoms with E-state index in [1.54, 1.807) is 0 Å². The smallest absolute Gasteiger partial charge is 0.220 e. The fourth-order valence-corrected chi connectivity index (χ4v) is 0.463. The van der Waals surface area contributed by atoms with Crippen LogP contribution >= 0.6 is 0 Å². The molecular formula is C6H10NO3-. The number of carboxylic acid groups (broad SMARTS) is 1. The van der Waals surface area contributed by atoms with Gasteiger partial charge in [-0.2, -0.15) is 0 Å². The van der Waals surface area contributed by atoms with E-state index in [1.165, 1.54) is 14.0 Å². The number of hydrogen-bond acceptors (Lipinski definition) is 3. The van der Waals surface area contributed by atoms with E-state index >= 15 is 0 Å². The van der Waals surface area contributed by atoms with Gasteiger partial charge in [0.05, 0.1) is 0 Å². The number of carbonyl (C=O) groups is 2. The average molecular weight is 144 g/mol. The highest BCUT2D eigenvalue weighted by Crippen LogP contribution is 1.98. The number of aliphatic carboxylic acids is 1. The van der Waals surface area contributed by atoms with Crippen LogP contribution in [0.1, 0.15) is 13.3 Å². The predicted molar refractivity (Wildman–Crippen MR) is 32.9 cm³/mol. The molecule has 0 spiro atoms. The second-order valence-corrected chi connectivity index (χ2v) is 2.10. The second kappa shape index (κ2) is 3.87. The zero-order chi connectivity index (χ0) is 8.15. The first kappa shape index (κ1) is 8.94. The fourth-order valence-electron chi connectivity index (χ4n) is 0.463. The zero-order valence-corrected chi connectivity index (χ0v) is 6.01. The van der Waals surface area contributed by atoms with Crippen molar-refractivity contribution in [3.63, 3.8) is 0 Å². The number of rotatable bonds is 3. The van der Waals surface area contributed by atoms with Gasteiger partial charge in [0.25, 0.3) is 0 Å². The molecule has 4 nitrogen and oxygen atoms in total. The Hall–Kier alpha value is -1.06. The van der Waals surface area contributed by atoms with E-state index in [0.29, 0.717) is 0 Å². The summed E-state index contributed by atoms with van der Waals surface area (Å²) < 4.78 is 0. The minimum absolute atomic E-state index is 0.0150. The molecule has 1 N–H and O–H groups in total. The Kier molecular flexibility index (Phi) is 3.46. The number of nitrogens with one attached hydrogen (secondary N) is 1. The quantitative estimate of drug-likeness (QED) is 0.524. The van der Waals surface area contributed by atoms with Gasteiger partial charge in [-0.05, 0) is 0 Å². The maximum atomic E-state index is 10.5. The van der Waals surface area contributed by atoms with Gasteiger partial charge in [-0.1, -0.05) is 6.92 Å². The van der Waals surface area contributed by atoms with E-state index < -0.39 is 11.9 Å². The Bertz CT molecular complexity index is 144. The highest BCUT2D eigenvalue weighted by atomic mass is 16.4. The van der Waals surface area contributed by atoms with E-state index in [9.17, 15) is 14.7 Å². The Morgan fingerprint density at radius 3 is 2.40 bits per heavy atom. The molecule has 58 valence electrons. The molecule has 10 heavy (non-hydrogen) atoms. The highest BCUT2D eigenvalue weighted by molar-refractivity contribution is 5.80. The number of amides is 1.